The average molecular weight is 328 g/mol. The van der Waals surface area contributed by atoms with E-state index in [1.54, 1.807) is 0 Å². The van der Waals surface area contributed by atoms with Crippen molar-refractivity contribution in [1.82, 2.24) is 9.47 Å². The van der Waals surface area contributed by atoms with Crippen LogP contribution in [0.2, 0.25) is 6.04 Å². The van der Waals surface area contributed by atoms with Crippen LogP contribution in [0.25, 0.3) is 0 Å². The Bertz CT molecular complexity index is 398. The van der Waals surface area contributed by atoms with Crippen LogP contribution in [0.5, 0.6) is 0 Å². The zero-order chi connectivity index (χ0) is 16.5. The third kappa shape index (κ3) is 5.77. The van der Waals surface area contributed by atoms with Crippen molar-refractivity contribution in [2.24, 2.45) is 0 Å². The van der Waals surface area contributed by atoms with Crippen molar-refractivity contribution in [3.8, 4) is 0 Å². The predicted molar refractivity (Wildman–Crippen MR) is 92.8 cm³/mol. The van der Waals surface area contributed by atoms with E-state index < -0.39 is 8.80 Å². The first-order valence-electron chi connectivity index (χ1n) is 8.15. The smallest absolute Gasteiger partial charge is 0.374 e. The Kier molecular flexibility index (Phi) is 8.20. The zero-order valence-corrected chi connectivity index (χ0v) is 15.7. The van der Waals surface area contributed by atoms with Crippen LogP contribution in [0.15, 0.2) is 24.5 Å². The molecule has 126 valence electrons. The topological polar surface area (TPSA) is 40.6 Å². The zero-order valence-electron chi connectivity index (χ0n) is 14.7. The molecule has 0 radical (unpaired) electrons. The molecule has 0 saturated heterocycles. The first-order chi connectivity index (χ1) is 10.5. The van der Waals surface area contributed by atoms with Crippen LogP contribution in [0.3, 0.4) is 0 Å². The maximum Gasteiger partial charge on any atom is 0.501 e. The van der Waals surface area contributed by atoms with Crippen LogP contribution in [-0.2, 0) is 13.3 Å². The second kappa shape index (κ2) is 9.37. The SMILES string of the molecule is CCO[Si](CCC[N+](C)(C)c1ccncc1)(OCC)OCC. The van der Waals surface area contributed by atoms with Crippen molar-refractivity contribution in [3.63, 3.8) is 0 Å². The van der Waals surface area contributed by atoms with Crippen molar-refractivity contribution >= 4 is 14.5 Å². The number of pyridine rings is 1. The number of nitrogens with zero attached hydrogens (tertiary/aromatic N) is 2. The van der Waals surface area contributed by atoms with Gasteiger partial charge in [-0.05, 0) is 20.8 Å². The molecule has 0 unspecified atom stereocenters. The molecule has 1 aromatic heterocycles. The molecule has 0 atom stereocenters. The van der Waals surface area contributed by atoms with Crippen LogP contribution in [0.4, 0.5) is 5.69 Å². The van der Waals surface area contributed by atoms with E-state index in [1.807, 2.05) is 33.2 Å². The molecule has 0 aliphatic carbocycles. The van der Waals surface area contributed by atoms with Gasteiger partial charge in [-0.2, -0.15) is 0 Å². The standard InChI is InChI=1S/C16H31N2O3Si/c1-6-19-22(20-7-2,21-8-3)15-9-14-18(4,5)16-10-12-17-13-11-16/h10-13H,6-9,14-15H2,1-5H3/q+1. The van der Waals surface area contributed by atoms with Crippen LogP contribution in [-0.4, -0.2) is 54.2 Å². The third-order valence-corrected chi connectivity index (χ3v) is 6.81. The molecule has 1 heterocycles. The van der Waals surface area contributed by atoms with E-state index in [9.17, 15) is 0 Å². The fourth-order valence-corrected chi connectivity index (χ4v) is 5.16. The van der Waals surface area contributed by atoms with Gasteiger partial charge in [0.05, 0.1) is 20.6 Å². The van der Waals surface area contributed by atoms with Gasteiger partial charge in [0.2, 0.25) is 0 Å². The lowest BCUT2D eigenvalue weighted by atomic mass is 10.3. The van der Waals surface area contributed by atoms with E-state index in [0.29, 0.717) is 19.8 Å². The molecule has 0 saturated carbocycles. The maximum atomic E-state index is 5.91. The minimum Gasteiger partial charge on any atom is -0.374 e. The molecule has 0 spiro atoms. The molecule has 1 aromatic rings. The summed E-state index contributed by atoms with van der Waals surface area (Å²) in [6.07, 6.45) is 4.69. The van der Waals surface area contributed by atoms with Gasteiger partial charge in [-0.1, -0.05) is 0 Å². The molecular weight excluding hydrogens is 296 g/mol. The fourth-order valence-electron chi connectivity index (χ4n) is 2.57. The largest absolute Gasteiger partial charge is 0.501 e. The first kappa shape index (κ1) is 19.3. The van der Waals surface area contributed by atoms with Crippen molar-refractivity contribution < 1.29 is 13.3 Å². The lowest BCUT2D eigenvalue weighted by molar-refractivity contribution is 0.0703. The highest BCUT2D eigenvalue weighted by Crippen LogP contribution is 2.22. The Morgan fingerprint density at radius 1 is 0.955 bits per heavy atom. The summed E-state index contributed by atoms with van der Waals surface area (Å²) in [7, 11) is 1.90. The Hall–Kier alpha value is -0.793. The van der Waals surface area contributed by atoms with E-state index in [0.717, 1.165) is 23.5 Å². The van der Waals surface area contributed by atoms with Crippen molar-refractivity contribution in [3.05, 3.63) is 24.5 Å². The molecule has 0 aliphatic heterocycles. The van der Waals surface area contributed by atoms with Gasteiger partial charge in [0, 0.05) is 56.8 Å². The van der Waals surface area contributed by atoms with Crippen LogP contribution < -0.4 is 4.48 Å². The Morgan fingerprint density at radius 2 is 1.45 bits per heavy atom. The maximum absolute atomic E-state index is 5.91. The molecule has 0 fully saturated rings. The van der Waals surface area contributed by atoms with Gasteiger partial charge in [-0.15, -0.1) is 0 Å². The predicted octanol–water partition coefficient (Wildman–Crippen LogP) is 3.09. The number of quaternary nitrogens is 1. The fraction of sp³-hybridized carbons (Fsp3) is 0.688. The second-order valence-corrected chi connectivity index (χ2v) is 8.43. The normalized spacial score (nSPS) is 12.6. The minimum absolute atomic E-state index is 0.634. The summed E-state index contributed by atoms with van der Waals surface area (Å²) in [5, 5.41) is 0. The lowest BCUT2D eigenvalue weighted by Gasteiger charge is -2.32. The number of rotatable bonds is 11. The van der Waals surface area contributed by atoms with Gasteiger partial charge >= 0.3 is 8.80 Å². The number of aromatic nitrogens is 1. The quantitative estimate of drug-likeness (QED) is 0.462. The summed E-state index contributed by atoms with van der Waals surface area (Å²) >= 11 is 0. The monoisotopic (exact) mass is 327 g/mol. The summed E-state index contributed by atoms with van der Waals surface area (Å²) in [5.74, 6) is 0. The molecule has 22 heavy (non-hydrogen) atoms. The Balaban J connectivity index is 2.64. The molecule has 5 nitrogen and oxygen atoms in total. The highest BCUT2D eigenvalue weighted by Gasteiger charge is 2.40. The Labute approximate surface area is 136 Å². The molecule has 0 amide bonds. The highest BCUT2D eigenvalue weighted by atomic mass is 28.4. The molecular formula is C16H31N2O3Si+. The van der Waals surface area contributed by atoms with Gasteiger partial charge in [0.15, 0.2) is 0 Å². The van der Waals surface area contributed by atoms with E-state index in [2.05, 4.69) is 31.2 Å². The molecule has 0 aliphatic rings. The first-order valence-corrected chi connectivity index (χ1v) is 10.1. The molecule has 0 bridgehead atoms. The number of hydrogen-bond donors (Lipinski definition) is 0. The third-order valence-electron chi connectivity index (χ3n) is 3.65. The van der Waals surface area contributed by atoms with Crippen LogP contribution >= 0.6 is 0 Å². The van der Waals surface area contributed by atoms with Gasteiger partial charge in [0.25, 0.3) is 0 Å². The molecule has 0 aromatic carbocycles. The van der Waals surface area contributed by atoms with Crippen molar-refractivity contribution in [1.29, 1.82) is 0 Å². The van der Waals surface area contributed by atoms with Crippen LogP contribution in [0.1, 0.15) is 27.2 Å². The highest BCUT2D eigenvalue weighted by molar-refractivity contribution is 6.60. The molecule has 0 N–H and O–H groups in total. The van der Waals surface area contributed by atoms with Gasteiger partial charge < -0.3 is 13.3 Å². The Morgan fingerprint density at radius 3 is 1.91 bits per heavy atom. The van der Waals surface area contributed by atoms with Crippen molar-refractivity contribution in [2.45, 2.75) is 33.2 Å². The van der Waals surface area contributed by atoms with Crippen molar-refractivity contribution in [2.75, 3.05) is 40.5 Å². The van der Waals surface area contributed by atoms with E-state index >= 15 is 0 Å². The van der Waals surface area contributed by atoms with E-state index in [-0.39, 0.29) is 0 Å². The summed E-state index contributed by atoms with van der Waals surface area (Å²) in [6, 6.07) is 4.99. The average Bonchev–Trinajstić information content (AvgIpc) is 2.49. The summed E-state index contributed by atoms with van der Waals surface area (Å²) in [6.45, 7) is 8.90. The lowest BCUT2D eigenvalue weighted by Crippen LogP contribution is -2.48. The van der Waals surface area contributed by atoms with Gasteiger partial charge in [-0.3, -0.25) is 9.47 Å². The van der Waals surface area contributed by atoms with E-state index in [1.165, 1.54) is 5.69 Å². The summed E-state index contributed by atoms with van der Waals surface area (Å²) in [5.41, 5.74) is 1.26. The van der Waals surface area contributed by atoms with E-state index in [4.69, 9.17) is 13.3 Å². The second-order valence-electron chi connectivity index (χ2n) is 5.70. The van der Waals surface area contributed by atoms with Gasteiger partial charge in [0.1, 0.15) is 5.69 Å². The minimum atomic E-state index is -2.52. The number of hydrogen-bond acceptors (Lipinski definition) is 4. The summed E-state index contributed by atoms with van der Waals surface area (Å²) in [4.78, 5) is 4.09. The summed E-state index contributed by atoms with van der Waals surface area (Å²) < 4.78 is 18.5. The molecule has 6 heteroatoms. The molecule has 1 rings (SSSR count). The van der Waals surface area contributed by atoms with Crippen LogP contribution in [0, 0.1) is 0 Å². The van der Waals surface area contributed by atoms with Gasteiger partial charge in [-0.25, -0.2) is 0 Å².